The highest BCUT2D eigenvalue weighted by Crippen LogP contribution is 2.10. The number of nitrogens with two attached hydrogens (primary N) is 1. The second kappa shape index (κ2) is 6.61. The van der Waals surface area contributed by atoms with Crippen LogP contribution in [0.5, 0.6) is 0 Å². The molecule has 0 aliphatic rings. The summed E-state index contributed by atoms with van der Waals surface area (Å²) < 4.78 is 1.77. The van der Waals surface area contributed by atoms with E-state index in [1.807, 2.05) is 20.3 Å². The molecule has 0 radical (unpaired) electrons. The van der Waals surface area contributed by atoms with Gasteiger partial charge in [0.15, 0.2) is 0 Å². The van der Waals surface area contributed by atoms with Crippen LogP contribution in [0.4, 0.5) is 17.8 Å². The molecular formula is C10H18N10. The zero-order chi connectivity index (χ0) is 14.4. The van der Waals surface area contributed by atoms with Crippen molar-refractivity contribution in [3.8, 4) is 0 Å². The molecule has 10 heteroatoms. The first-order chi connectivity index (χ1) is 9.69. The van der Waals surface area contributed by atoms with E-state index in [-0.39, 0.29) is 0 Å². The Labute approximate surface area is 116 Å². The third-order valence-corrected chi connectivity index (χ3v) is 2.47. The van der Waals surface area contributed by atoms with E-state index < -0.39 is 0 Å². The molecule has 0 aromatic carbocycles. The Morgan fingerprint density at radius 3 is 2.70 bits per heavy atom. The van der Waals surface area contributed by atoms with E-state index in [0.717, 1.165) is 13.0 Å². The lowest BCUT2D eigenvalue weighted by atomic mass is 10.4. The van der Waals surface area contributed by atoms with Crippen molar-refractivity contribution >= 4 is 17.8 Å². The molecule has 0 saturated heterocycles. The summed E-state index contributed by atoms with van der Waals surface area (Å²) in [6.45, 7) is 1.49. The van der Waals surface area contributed by atoms with Gasteiger partial charge in [0.25, 0.3) is 0 Å². The van der Waals surface area contributed by atoms with Gasteiger partial charge in [-0.25, -0.2) is 5.84 Å². The Morgan fingerprint density at radius 2 is 2.05 bits per heavy atom. The highest BCUT2D eigenvalue weighted by Gasteiger charge is 2.06. The summed E-state index contributed by atoms with van der Waals surface area (Å²) in [6.07, 6.45) is 4.35. The molecule has 0 amide bonds. The van der Waals surface area contributed by atoms with E-state index in [4.69, 9.17) is 5.84 Å². The van der Waals surface area contributed by atoms with Gasteiger partial charge < -0.3 is 10.2 Å². The van der Waals surface area contributed by atoms with Crippen LogP contribution in [0.2, 0.25) is 0 Å². The summed E-state index contributed by atoms with van der Waals surface area (Å²) in [5.41, 5.74) is 2.42. The van der Waals surface area contributed by atoms with Gasteiger partial charge in [-0.1, -0.05) is 5.21 Å². The van der Waals surface area contributed by atoms with Crippen molar-refractivity contribution in [2.45, 2.75) is 13.0 Å². The molecule has 108 valence electrons. The quantitative estimate of drug-likeness (QED) is 0.343. The van der Waals surface area contributed by atoms with Crippen molar-refractivity contribution in [3.05, 3.63) is 12.4 Å². The maximum Gasteiger partial charge on any atom is 0.243 e. The molecule has 0 atom stereocenters. The summed E-state index contributed by atoms with van der Waals surface area (Å²) in [5.74, 6) is 6.68. The molecule has 2 rings (SSSR count). The van der Waals surface area contributed by atoms with Crippen LogP contribution in [0.3, 0.4) is 0 Å². The maximum atomic E-state index is 5.34. The zero-order valence-corrected chi connectivity index (χ0v) is 11.5. The number of hydrogen-bond acceptors (Lipinski definition) is 9. The second-order valence-electron chi connectivity index (χ2n) is 4.27. The van der Waals surface area contributed by atoms with Crippen LogP contribution in [-0.2, 0) is 6.54 Å². The van der Waals surface area contributed by atoms with Crippen molar-refractivity contribution in [3.63, 3.8) is 0 Å². The number of hydrazine groups is 1. The van der Waals surface area contributed by atoms with E-state index in [9.17, 15) is 0 Å². The van der Waals surface area contributed by atoms with Crippen LogP contribution in [0.25, 0.3) is 0 Å². The van der Waals surface area contributed by atoms with Gasteiger partial charge >= 0.3 is 0 Å². The minimum absolute atomic E-state index is 0.322. The number of aryl methyl sites for hydroxylation is 1. The predicted octanol–water partition coefficient (Wildman–Crippen LogP) is -0.683. The van der Waals surface area contributed by atoms with Crippen molar-refractivity contribution in [2.75, 3.05) is 36.3 Å². The minimum atomic E-state index is 0.322. The lowest BCUT2D eigenvalue weighted by molar-refractivity contribution is 0.569. The molecule has 0 aliphatic carbocycles. The highest BCUT2D eigenvalue weighted by atomic mass is 15.4. The number of aromatic nitrogens is 6. The zero-order valence-electron chi connectivity index (χ0n) is 11.5. The van der Waals surface area contributed by atoms with E-state index in [1.165, 1.54) is 0 Å². The van der Waals surface area contributed by atoms with Crippen molar-refractivity contribution in [2.24, 2.45) is 5.84 Å². The van der Waals surface area contributed by atoms with Crippen LogP contribution in [0, 0.1) is 0 Å². The molecule has 0 unspecified atom stereocenters. The monoisotopic (exact) mass is 278 g/mol. The Morgan fingerprint density at radius 1 is 1.25 bits per heavy atom. The van der Waals surface area contributed by atoms with E-state index in [2.05, 4.69) is 36.0 Å². The number of rotatable bonds is 7. The minimum Gasteiger partial charge on any atom is -0.354 e. The number of nitrogens with one attached hydrogen (secondary N) is 2. The number of anilines is 3. The molecular weight excluding hydrogens is 260 g/mol. The van der Waals surface area contributed by atoms with E-state index >= 15 is 0 Å². The van der Waals surface area contributed by atoms with Gasteiger partial charge in [0, 0.05) is 33.4 Å². The van der Waals surface area contributed by atoms with Crippen molar-refractivity contribution < 1.29 is 0 Å². The van der Waals surface area contributed by atoms with Crippen LogP contribution in [-0.4, -0.2) is 50.6 Å². The van der Waals surface area contributed by atoms with Crippen LogP contribution < -0.4 is 21.5 Å². The number of hydrogen-bond donors (Lipinski definition) is 3. The van der Waals surface area contributed by atoms with Crippen LogP contribution in [0.15, 0.2) is 12.4 Å². The first-order valence-corrected chi connectivity index (χ1v) is 6.17. The molecule has 0 aliphatic heterocycles. The summed E-state index contributed by atoms with van der Waals surface area (Å²) >= 11 is 0. The molecule has 2 aromatic rings. The summed E-state index contributed by atoms with van der Waals surface area (Å²) in [7, 11) is 3.70. The van der Waals surface area contributed by atoms with Gasteiger partial charge in [0.2, 0.25) is 17.8 Å². The Kier molecular flexibility index (Phi) is 4.60. The summed E-state index contributed by atoms with van der Waals surface area (Å²) in [4.78, 5) is 14.3. The lowest BCUT2D eigenvalue weighted by Crippen LogP contribution is -2.19. The first-order valence-electron chi connectivity index (χ1n) is 6.17. The fraction of sp³-hybridized carbons (Fsp3) is 0.500. The number of nitrogen functional groups attached to an aromatic ring is 1. The molecule has 2 aromatic heterocycles. The van der Waals surface area contributed by atoms with Gasteiger partial charge in [-0.05, 0) is 6.42 Å². The molecule has 0 fully saturated rings. The summed E-state index contributed by atoms with van der Waals surface area (Å²) in [5, 5.41) is 10.8. The molecule has 4 N–H and O–H groups in total. The standard InChI is InChI=1S/C10H18N10/c1-19(2)10-15-8(14-9(16-10)17-11)12-4-3-6-20-7-5-13-18-20/h5,7H,3-4,6,11H2,1-2H3,(H2,12,14,15,16,17). The number of nitrogens with zero attached hydrogens (tertiary/aromatic N) is 7. The van der Waals surface area contributed by atoms with Gasteiger partial charge in [-0.3, -0.25) is 10.1 Å². The van der Waals surface area contributed by atoms with Gasteiger partial charge in [-0.15, -0.1) is 5.10 Å². The van der Waals surface area contributed by atoms with Gasteiger partial charge in [0.1, 0.15) is 0 Å². The molecule has 0 spiro atoms. The Balaban J connectivity index is 1.89. The lowest BCUT2D eigenvalue weighted by Gasteiger charge is -2.13. The van der Waals surface area contributed by atoms with E-state index in [1.54, 1.807) is 15.8 Å². The smallest absolute Gasteiger partial charge is 0.243 e. The third-order valence-electron chi connectivity index (χ3n) is 2.47. The Hall–Kier alpha value is -2.49. The topological polar surface area (TPSA) is 123 Å². The molecule has 0 saturated carbocycles. The highest BCUT2D eigenvalue weighted by molar-refractivity contribution is 5.42. The van der Waals surface area contributed by atoms with Crippen LogP contribution >= 0.6 is 0 Å². The Bertz CT molecular complexity index is 523. The summed E-state index contributed by atoms with van der Waals surface area (Å²) in [6, 6.07) is 0. The molecule has 20 heavy (non-hydrogen) atoms. The van der Waals surface area contributed by atoms with Gasteiger partial charge in [0.05, 0.1) is 6.20 Å². The molecule has 0 bridgehead atoms. The average Bonchev–Trinajstić information content (AvgIpc) is 2.96. The molecule has 10 nitrogen and oxygen atoms in total. The normalized spacial score (nSPS) is 10.3. The van der Waals surface area contributed by atoms with Crippen molar-refractivity contribution in [1.29, 1.82) is 0 Å². The van der Waals surface area contributed by atoms with E-state index in [0.29, 0.717) is 24.4 Å². The SMILES string of the molecule is CN(C)c1nc(NN)nc(NCCCn2ccnn2)n1. The van der Waals surface area contributed by atoms with Crippen molar-refractivity contribution in [1.82, 2.24) is 29.9 Å². The fourth-order valence-electron chi connectivity index (χ4n) is 1.50. The van der Waals surface area contributed by atoms with Gasteiger partial charge in [-0.2, -0.15) is 15.0 Å². The first kappa shape index (κ1) is 13.9. The third kappa shape index (κ3) is 3.75. The van der Waals surface area contributed by atoms with Crippen LogP contribution in [0.1, 0.15) is 6.42 Å². The molecule has 2 heterocycles. The second-order valence-corrected chi connectivity index (χ2v) is 4.27. The predicted molar refractivity (Wildman–Crippen MR) is 75.1 cm³/mol. The largest absolute Gasteiger partial charge is 0.354 e. The fourth-order valence-corrected chi connectivity index (χ4v) is 1.50. The maximum absolute atomic E-state index is 5.34. The average molecular weight is 278 g/mol.